The van der Waals surface area contributed by atoms with E-state index in [1.54, 1.807) is 0 Å². The van der Waals surface area contributed by atoms with E-state index in [1.165, 1.54) is 6.92 Å². The maximum Gasteiger partial charge on any atom is 0.302 e. The quantitative estimate of drug-likeness (QED) is 0.327. The summed E-state index contributed by atoms with van der Waals surface area (Å²) in [5, 5.41) is 31.2. The van der Waals surface area contributed by atoms with Crippen molar-refractivity contribution in [3.63, 3.8) is 0 Å². The second-order valence-electron chi connectivity index (χ2n) is 4.93. The normalized spacial score (nSPS) is 24.6. The summed E-state index contributed by atoms with van der Waals surface area (Å²) in [4.78, 5) is 21.8. The summed E-state index contributed by atoms with van der Waals surface area (Å²) >= 11 is 0. The number of hydrogen-bond donors (Lipinski definition) is 5. The molecule has 9 heteroatoms. The Kier molecular flexibility index (Phi) is 7.09. The summed E-state index contributed by atoms with van der Waals surface area (Å²) < 4.78 is 10.6. The number of rotatable bonds is 8. The number of aliphatic hydroxyl groups excluding tert-OH is 3. The molecular formula is C13H22N2O7. The van der Waals surface area contributed by atoms with Gasteiger partial charge in [-0.15, -0.1) is 0 Å². The summed E-state index contributed by atoms with van der Waals surface area (Å²) in [5.74, 6) is -1.04. The largest absolute Gasteiger partial charge is 0.464 e. The van der Waals surface area contributed by atoms with Crippen LogP contribution in [-0.4, -0.2) is 58.7 Å². The van der Waals surface area contributed by atoms with Crippen molar-refractivity contribution in [2.45, 2.75) is 44.5 Å². The van der Waals surface area contributed by atoms with Crippen LogP contribution in [0.3, 0.4) is 0 Å². The highest BCUT2D eigenvalue weighted by Crippen LogP contribution is 2.24. The summed E-state index contributed by atoms with van der Waals surface area (Å²) in [5.41, 5.74) is 4.92. The number of nitrogens with one attached hydrogen (secondary N) is 1. The van der Waals surface area contributed by atoms with Gasteiger partial charge >= 0.3 is 5.95 Å². The molecule has 0 saturated heterocycles. The Balaban J connectivity index is 2.71. The molecule has 0 saturated carbocycles. The van der Waals surface area contributed by atoms with Gasteiger partial charge in [0, 0.05) is 13.3 Å². The number of carbonyl (C=O) groups is 2. The molecular weight excluding hydrogens is 296 g/mol. The van der Waals surface area contributed by atoms with Crippen molar-refractivity contribution in [3.8, 4) is 0 Å². The lowest BCUT2D eigenvalue weighted by atomic mass is 10.0. The predicted molar refractivity (Wildman–Crippen MR) is 73.8 cm³/mol. The summed E-state index contributed by atoms with van der Waals surface area (Å²) in [6, 6.07) is 0. The van der Waals surface area contributed by atoms with E-state index in [9.17, 15) is 19.8 Å². The van der Waals surface area contributed by atoms with Gasteiger partial charge in [-0.1, -0.05) is 0 Å². The van der Waals surface area contributed by atoms with Crippen LogP contribution in [0.15, 0.2) is 11.6 Å². The molecule has 1 aliphatic rings. The molecule has 126 valence electrons. The van der Waals surface area contributed by atoms with E-state index in [2.05, 4.69) is 5.32 Å². The lowest BCUT2D eigenvalue weighted by Gasteiger charge is -2.34. The molecule has 1 rings (SSSR count). The average Bonchev–Trinajstić information content (AvgIpc) is 2.45. The van der Waals surface area contributed by atoms with E-state index in [-0.39, 0.29) is 24.7 Å². The first kappa shape index (κ1) is 18.2. The molecule has 0 fully saturated rings. The highest BCUT2D eigenvalue weighted by atomic mass is 16.7. The minimum atomic E-state index is -1.45. The monoisotopic (exact) mass is 318 g/mol. The van der Waals surface area contributed by atoms with E-state index in [0.29, 0.717) is 12.8 Å². The Morgan fingerprint density at radius 1 is 1.36 bits per heavy atom. The van der Waals surface area contributed by atoms with Gasteiger partial charge in [0.25, 0.3) is 0 Å². The van der Waals surface area contributed by atoms with Crippen LogP contribution < -0.4 is 11.1 Å². The summed E-state index contributed by atoms with van der Waals surface area (Å²) in [6.07, 6.45) is -2.65. The molecule has 22 heavy (non-hydrogen) atoms. The lowest BCUT2D eigenvalue weighted by Crippen LogP contribution is -2.50. The van der Waals surface area contributed by atoms with Gasteiger partial charge in [-0.3, -0.25) is 9.59 Å². The third-order valence-corrected chi connectivity index (χ3v) is 3.02. The fraction of sp³-hybridized carbons (Fsp3) is 0.692. The molecule has 0 radical (unpaired) electrons. The lowest BCUT2D eigenvalue weighted by molar-refractivity contribution is -0.139. The number of nitrogens with two attached hydrogens (primary N) is 1. The van der Waals surface area contributed by atoms with E-state index in [4.69, 9.17) is 20.3 Å². The van der Waals surface area contributed by atoms with Crippen LogP contribution in [0.5, 0.6) is 0 Å². The van der Waals surface area contributed by atoms with Gasteiger partial charge in [0.05, 0.1) is 13.2 Å². The second kappa shape index (κ2) is 8.57. The molecule has 1 aliphatic heterocycles. The van der Waals surface area contributed by atoms with Crippen molar-refractivity contribution in [2.24, 2.45) is 5.73 Å². The third-order valence-electron chi connectivity index (χ3n) is 3.02. The van der Waals surface area contributed by atoms with Crippen LogP contribution in [0.1, 0.15) is 26.2 Å². The number of aliphatic hydroxyl groups is 3. The van der Waals surface area contributed by atoms with Crippen molar-refractivity contribution in [2.75, 3.05) is 13.2 Å². The number of amides is 2. The predicted octanol–water partition coefficient (Wildman–Crippen LogP) is -1.92. The Morgan fingerprint density at radius 2 is 2.05 bits per heavy atom. The molecule has 3 atom stereocenters. The fourth-order valence-electron chi connectivity index (χ4n) is 1.90. The van der Waals surface area contributed by atoms with Crippen LogP contribution in [-0.2, 0) is 19.1 Å². The molecule has 0 aliphatic carbocycles. The van der Waals surface area contributed by atoms with Gasteiger partial charge in [-0.2, -0.15) is 0 Å². The van der Waals surface area contributed by atoms with Gasteiger partial charge in [0.1, 0.15) is 17.9 Å². The van der Waals surface area contributed by atoms with Crippen molar-refractivity contribution < 1.29 is 34.4 Å². The Hall–Kier alpha value is -1.84. The van der Waals surface area contributed by atoms with E-state index in [0.717, 1.165) is 0 Å². The van der Waals surface area contributed by atoms with E-state index in [1.807, 2.05) is 0 Å². The molecule has 0 aromatic rings. The molecule has 6 N–H and O–H groups in total. The minimum Gasteiger partial charge on any atom is -0.464 e. The number of carbonyl (C=O) groups excluding carboxylic acids is 2. The minimum absolute atomic E-state index is 0.0976. The van der Waals surface area contributed by atoms with Gasteiger partial charge in [-0.25, -0.2) is 0 Å². The summed E-state index contributed by atoms with van der Waals surface area (Å²) in [7, 11) is 0. The third kappa shape index (κ3) is 5.17. The average molecular weight is 318 g/mol. The molecule has 9 nitrogen and oxygen atoms in total. The number of hydrogen-bond acceptors (Lipinski definition) is 7. The zero-order valence-corrected chi connectivity index (χ0v) is 12.3. The van der Waals surface area contributed by atoms with Gasteiger partial charge in [0.15, 0.2) is 6.10 Å². The molecule has 0 bridgehead atoms. The molecule has 0 spiro atoms. The van der Waals surface area contributed by atoms with Crippen LogP contribution in [0.25, 0.3) is 0 Å². The zero-order valence-electron chi connectivity index (χ0n) is 12.3. The van der Waals surface area contributed by atoms with Gasteiger partial charge in [0.2, 0.25) is 11.8 Å². The second-order valence-corrected chi connectivity index (χ2v) is 4.93. The molecule has 2 amide bonds. The van der Waals surface area contributed by atoms with Crippen LogP contribution in [0.2, 0.25) is 0 Å². The number of ether oxygens (including phenoxy) is 2. The Morgan fingerprint density at radius 3 is 2.59 bits per heavy atom. The van der Waals surface area contributed by atoms with Crippen molar-refractivity contribution >= 4 is 11.8 Å². The number of primary amides is 1. The fourth-order valence-corrected chi connectivity index (χ4v) is 1.90. The molecule has 0 aromatic heterocycles. The smallest absolute Gasteiger partial charge is 0.302 e. The highest BCUT2D eigenvalue weighted by molar-refractivity contribution is 5.75. The van der Waals surface area contributed by atoms with Crippen molar-refractivity contribution in [1.82, 2.24) is 5.32 Å². The maximum absolute atomic E-state index is 11.2. The first-order valence-electron chi connectivity index (χ1n) is 6.93. The van der Waals surface area contributed by atoms with E-state index >= 15 is 0 Å². The molecule has 2 unspecified atom stereocenters. The van der Waals surface area contributed by atoms with Crippen LogP contribution >= 0.6 is 0 Å². The van der Waals surface area contributed by atoms with Crippen molar-refractivity contribution in [3.05, 3.63) is 11.6 Å². The van der Waals surface area contributed by atoms with Crippen LogP contribution in [0.4, 0.5) is 0 Å². The Bertz CT molecular complexity index is 438. The van der Waals surface area contributed by atoms with Crippen LogP contribution in [0, 0.1) is 0 Å². The Labute approximate surface area is 127 Å². The maximum atomic E-state index is 11.2. The summed E-state index contributed by atoms with van der Waals surface area (Å²) in [6.45, 7) is 0.863. The van der Waals surface area contributed by atoms with Gasteiger partial charge in [-0.05, 0) is 12.8 Å². The van der Waals surface area contributed by atoms with Gasteiger partial charge < -0.3 is 35.8 Å². The number of unbranched alkanes of at least 4 members (excludes halogenated alkanes) is 1. The highest BCUT2D eigenvalue weighted by Gasteiger charge is 2.39. The first-order valence-corrected chi connectivity index (χ1v) is 6.93. The SMILES string of the molecule is CC(=O)NC1=C(OCCCCC(N)=O)OC(CO)[C@H](O)C1O. The van der Waals surface area contributed by atoms with Crippen molar-refractivity contribution in [1.29, 1.82) is 0 Å². The standard InChI is InChI=1S/C13H22N2O7/c1-7(17)15-10-12(20)11(19)8(6-16)22-13(10)21-5-3-2-4-9(14)18/h8,11-12,16,19-20H,2-6H2,1H3,(H2,14,18)(H,15,17)/t8?,11-,12?/m0/s1. The topological polar surface area (TPSA) is 151 Å². The molecule has 0 aromatic carbocycles. The molecule has 1 heterocycles. The first-order chi connectivity index (χ1) is 10.4. The van der Waals surface area contributed by atoms with E-state index < -0.39 is 36.7 Å². The zero-order chi connectivity index (χ0) is 16.7.